The Morgan fingerprint density at radius 1 is 1.56 bits per heavy atom. The molecule has 18 heavy (non-hydrogen) atoms. The molecule has 6 nitrogen and oxygen atoms in total. The normalized spacial score (nSPS) is 18.8. The molecular formula is C11H17ClN4O2. The highest BCUT2D eigenvalue weighted by atomic mass is 35.5. The molecule has 100 valence electrons. The van der Waals surface area contributed by atoms with E-state index in [9.17, 15) is 4.79 Å². The lowest BCUT2D eigenvalue weighted by atomic mass is 10.2. The van der Waals surface area contributed by atoms with Crippen LogP contribution in [0.25, 0.3) is 0 Å². The fraction of sp³-hybridized carbons (Fsp3) is 0.545. The number of rotatable bonds is 3. The highest BCUT2D eigenvalue weighted by Crippen LogP contribution is 2.05. The van der Waals surface area contributed by atoms with Crippen LogP contribution in [-0.4, -0.2) is 41.7 Å². The van der Waals surface area contributed by atoms with Crippen molar-refractivity contribution in [3.8, 4) is 0 Å². The first kappa shape index (κ1) is 14.8. The Morgan fingerprint density at radius 2 is 2.28 bits per heavy atom. The third kappa shape index (κ3) is 4.56. The molecular weight excluding hydrogens is 256 g/mol. The third-order valence-electron chi connectivity index (χ3n) is 2.49. The lowest BCUT2D eigenvalue weighted by Gasteiger charge is -2.23. The van der Waals surface area contributed by atoms with Crippen molar-refractivity contribution in [1.29, 1.82) is 0 Å². The zero-order valence-electron chi connectivity index (χ0n) is 10.2. The summed E-state index contributed by atoms with van der Waals surface area (Å²) in [5.41, 5.74) is 0.623. The Morgan fingerprint density at radius 3 is 2.89 bits per heavy atom. The monoisotopic (exact) mass is 272 g/mol. The highest BCUT2D eigenvalue weighted by Gasteiger charge is 2.16. The van der Waals surface area contributed by atoms with E-state index in [0.29, 0.717) is 31.1 Å². The van der Waals surface area contributed by atoms with Crippen LogP contribution in [0.15, 0.2) is 12.4 Å². The summed E-state index contributed by atoms with van der Waals surface area (Å²) in [5, 5.41) is 5.98. The number of amides is 1. The summed E-state index contributed by atoms with van der Waals surface area (Å²) in [6.45, 7) is 3.89. The van der Waals surface area contributed by atoms with Gasteiger partial charge in [0.25, 0.3) is 0 Å². The Labute approximate surface area is 112 Å². The number of anilines is 1. The third-order valence-corrected chi connectivity index (χ3v) is 2.49. The van der Waals surface area contributed by atoms with Crippen molar-refractivity contribution in [3.05, 3.63) is 18.2 Å². The zero-order chi connectivity index (χ0) is 12.1. The van der Waals surface area contributed by atoms with Crippen LogP contribution in [0.4, 0.5) is 5.69 Å². The van der Waals surface area contributed by atoms with Gasteiger partial charge in [-0.15, -0.1) is 12.4 Å². The Kier molecular flexibility index (Phi) is 5.97. The van der Waals surface area contributed by atoms with Crippen LogP contribution in [0.1, 0.15) is 12.2 Å². The van der Waals surface area contributed by atoms with E-state index in [0.717, 1.165) is 6.54 Å². The molecule has 2 heterocycles. The van der Waals surface area contributed by atoms with E-state index in [1.54, 1.807) is 19.3 Å². The van der Waals surface area contributed by atoms with Gasteiger partial charge >= 0.3 is 0 Å². The largest absolute Gasteiger partial charge is 0.378 e. The van der Waals surface area contributed by atoms with E-state index in [1.807, 2.05) is 0 Å². The molecule has 1 unspecified atom stereocenters. The van der Waals surface area contributed by atoms with Crippen LogP contribution >= 0.6 is 12.4 Å². The number of morpholine rings is 1. The summed E-state index contributed by atoms with van der Waals surface area (Å²) in [6.07, 6.45) is 3.60. The molecule has 1 amide bonds. The zero-order valence-corrected chi connectivity index (χ0v) is 11.0. The number of carbonyl (C=O) groups excluding carboxylic acids is 1. The Bertz CT molecular complexity index is 379. The van der Waals surface area contributed by atoms with Crippen molar-refractivity contribution in [2.24, 2.45) is 0 Å². The minimum absolute atomic E-state index is 0. The average molecular weight is 273 g/mol. The van der Waals surface area contributed by atoms with Crippen LogP contribution < -0.4 is 10.6 Å². The molecule has 1 aromatic heterocycles. The van der Waals surface area contributed by atoms with Gasteiger partial charge in [-0.3, -0.25) is 4.79 Å². The topological polar surface area (TPSA) is 76.1 Å². The summed E-state index contributed by atoms with van der Waals surface area (Å²) in [7, 11) is 0. The van der Waals surface area contributed by atoms with Gasteiger partial charge < -0.3 is 15.4 Å². The van der Waals surface area contributed by atoms with Crippen LogP contribution in [0.2, 0.25) is 0 Å². The van der Waals surface area contributed by atoms with E-state index in [4.69, 9.17) is 4.74 Å². The summed E-state index contributed by atoms with van der Waals surface area (Å²) >= 11 is 0. The second-order valence-electron chi connectivity index (χ2n) is 4.00. The summed E-state index contributed by atoms with van der Waals surface area (Å²) < 4.78 is 5.28. The molecule has 1 fully saturated rings. The first-order valence-corrected chi connectivity index (χ1v) is 5.63. The second kappa shape index (κ2) is 7.25. The second-order valence-corrected chi connectivity index (χ2v) is 4.00. The lowest BCUT2D eigenvalue weighted by Crippen LogP contribution is -2.43. The number of nitrogens with one attached hydrogen (secondary N) is 2. The number of hydrogen-bond acceptors (Lipinski definition) is 5. The molecule has 2 rings (SSSR count). The number of aryl methyl sites for hydroxylation is 1. The van der Waals surface area contributed by atoms with Crippen molar-refractivity contribution in [2.45, 2.75) is 19.4 Å². The van der Waals surface area contributed by atoms with Crippen LogP contribution in [0.3, 0.4) is 0 Å². The quantitative estimate of drug-likeness (QED) is 0.839. The molecule has 0 saturated carbocycles. The first-order chi connectivity index (χ1) is 8.24. The fourth-order valence-electron chi connectivity index (χ4n) is 1.64. The molecule has 1 aliphatic heterocycles. The number of hydrogen-bond donors (Lipinski definition) is 2. The number of aromatic nitrogens is 2. The minimum Gasteiger partial charge on any atom is -0.378 e. The van der Waals surface area contributed by atoms with Gasteiger partial charge in [0.2, 0.25) is 5.91 Å². The van der Waals surface area contributed by atoms with E-state index in [1.165, 1.54) is 0 Å². The number of carbonyl (C=O) groups is 1. The number of halogens is 1. The molecule has 1 aliphatic rings. The molecule has 1 aromatic rings. The number of nitrogens with zero attached hydrogens (tertiary/aromatic N) is 2. The van der Waals surface area contributed by atoms with Gasteiger partial charge in [-0.2, -0.15) is 0 Å². The van der Waals surface area contributed by atoms with Gasteiger partial charge in [0.05, 0.1) is 31.3 Å². The SMILES string of the molecule is Cc1ncc(NC(=O)CC2COCCN2)cn1.Cl. The van der Waals surface area contributed by atoms with Gasteiger partial charge in [-0.05, 0) is 6.92 Å². The van der Waals surface area contributed by atoms with Crippen molar-refractivity contribution in [3.63, 3.8) is 0 Å². The Hall–Kier alpha value is -1.24. The van der Waals surface area contributed by atoms with Crippen molar-refractivity contribution in [1.82, 2.24) is 15.3 Å². The molecule has 7 heteroatoms. The van der Waals surface area contributed by atoms with Crippen LogP contribution in [-0.2, 0) is 9.53 Å². The average Bonchev–Trinajstić information content (AvgIpc) is 2.33. The van der Waals surface area contributed by atoms with Crippen molar-refractivity contribution in [2.75, 3.05) is 25.1 Å². The minimum atomic E-state index is -0.0551. The predicted molar refractivity (Wildman–Crippen MR) is 69.9 cm³/mol. The fourth-order valence-corrected chi connectivity index (χ4v) is 1.64. The van der Waals surface area contributed by atoms with Gasteiger partial charge in [-0.25, -0.2) is 9.97 Å². The Balaban J connectivity index is 0.00000162. The van der Waals surface area contributed by atoms with E-state index >= 15 is 0 Å². The van der Waals surface area contributed by atoms with E-state index in [-0.39, 0.29) is 24.4 Å². The van der Waals surface area contributed by atoms with Crippen molar-refractivity contribution >= 4 is 24.0 Å². The molecule has 0 radical (unpaired) electrons. The summed E-state index contributed by atoms with van der Waals surface area (Å²) in [4.78, 5) is 19.7. The maximum atomic E-state index is 11.7. The van der Waals surface area contributed by atoms with E-state index < -0.39 is 0 Å². The highest BCUT2D eigenvalue weighted by molar-refractivity contribution is 5.90. The molecule has 0 spiro atoms. The van der Waals surface area contributed by atoms with E-state index in [2.05, 4.69) is 20.6 Å². The molecule has 2 N–H and O–H groups in total. The maximum absolute atomic E-state index is 11.7. The van der Waals surface area contributed by atoms with Gasteiger partial charge in [0.15, 0.2) is 0 Å². The summed E-state index contributed by atoms with van der Waals surface area (Å²) in [6, 6.07) is 0.0927. The number of ether oxygens (including phenoxy) is 1. The van der Waals surface area contributed by atoms with Gasteiger partial charge in [0.1, 0.15) is 5.82 Å². The molecule has 0 bridgehead atoms. The standard InChI is InChI=1S/C11H16N4O2.ClH/c1-8-13-5-10(6-14-8)15-11(16)4-9-7-17-3-2-12-9;/h5-6,9,12H,2-4,7H2,1H3,(H,15,16);1H. The lowest BCUT2D eigenvalue weighted by molar-refractivity contribution is -0.117. The summed E-state index contributed by atoms with van der Waals surface area (Å²) in [5.74, 6) is 0.630. The van der Waals surface area contributed by atoms with Gasteiger partial charge in [-0.1, -0.05) is 0 Å². The van der Waals surface area contributed by atoms with Crippen LogP contribution in [0.5, 0.6) is 0 Å². The smallest absolute Gasteiger partial charge is 0.226 e. The predicted octanol–water partition coefficient (Wildman–Crippen LogP) is 0.524. The van der Waals surface area contributed by atoms with Crippen molar-refractivity contribution < 1.29 is 9.53 Å². The molecule has 1 atom stereocenters. The first-order valence-electron chi connectivity index (χ1n) is 5.63. The maximum Gasteiger partial charge on any atom is 0.226 e. The molecule has 0 aromatic carbocycles. The van der Waals surface area contributed by atoms with Crippen LogP contribution in [0, 0.1) is 6.92 Å². The molecule has 0 aliphatic carbocycles. The van der Waals surface area contributed by atoms with Gasteiger partial charge in [0, 0.05) is 19.0 Å². The molecule has 1 saturated heterocycles.